The highest BCUT2D eigenvalue weighted by Crippen LogP contribution is 2.34. The quantitative estimate of drug-likeness (QED) is 0.638. The number of aliphatic hydroxyl groups is 1. The SMILES string of the molecule is CCCOCCC1CCCc2ccccc2C1O. The van der Waals surface area contributed by atoms with Gasteiger partial charge in [0.25, 0.3) is 0 Å². The molecule has 1 aliphatic carbocycles. The standard InChI is InChI=1S/C16H24O2/c1-2-11-18-12-10-14-8-5-7-13-6-3-4-9-15(13)16(14)17/h3-4,6,9,14,16-17H,2,5,7-8,10-12H2,1H3. The molecule has 0 saturated carbocycles. The molecular weight excluding hydrogens is 224 g/mol. The first-order chi connectivity index (χ1) is 8.83. The van der Waals surface area contributed by atoms with Crippen LogP contribution in [0.3, 0.4) is 0 Å². The van der Waals surface area contributed by atoms with E-state index in [1.807, 2.05) is 6.07 Å². The molecule has 2 nitrogen and oxygen atoms in total. The van der Waals surface area contributed by atoms with Gasteiger partial charge >= 0.3 is 0 Å². The van der Waals surface area contributed by atoms with E-state index in [4.69, 9.17) is 4.74 Å². The molecule has 0 aromatic heterocycles. The van der Waals surface area contributed by atoms with Gasteiger partial charge in [0.2, 0.25) is 0 Å². The zero-order valence-corrected chi connectivity index (χ0v) is 11.3. The van der Waals surface area contributed by atoms with Crippen LogP contribution in [-0.4, -0.2) is 18.3 Å². The summed E-state index contributed by atoms with van der Waals surface area (Å²) in [7, 11) is 0. The maximum Gasteiger partial charge on any atom is 0.0821 e. The molecule has 100 valence electrons. The van der Waals surface area contributed by atoms with Crippen molar-refractivity contribution in [2.24, 2.45) is 5.92 Å². The second kappa shape index (κ2) is 6.91. The van der Waals surface area contributed by atoms with Crippen molar-refractivity contribution in [1.29, 1.82) is 0 Å². The van der Waals surface area contributed by atoms with Crippen LogP contribution >= 0.6 is 0 Å². The molecule has 0 radical (unpaired) electrons. The maximum absolute atomic E-state index is 10.5. The molecule has 0 aliphatic heterocycles. The van der Waals surface area contributed by atoms with Crippen LogP contribution in [0.15, 0.2) is 24.3 Å². The van der Waals surface area contributed by atoms with E-state index in [0.717, 1.165) is 44.5 Å². The molecule has 2 heteroatoms. The van der Waals surface area contributed by atoms with Crippen LogP contribution in [0.25, 0.3) is 0 Å². The van der Waals surface area contributed by atoms with Gasteiger partial charge in [-0.15, -0.1) is 0 Å². The molecule has 0 heterocycles. The van der Waals surface area contributed by atoms with Gasteiger partial charge in [-0.25, -0.2) is 0 Å². The van der Waals surface area contributed by atoms with E-state index < -0.39 is 0 Å². The average Bonchev–Trinajstić information content (AvgIpc) is 2.56. The fourth-order valence-corrected chi connectivity index (χ4v) is 2.80. The third-order valence-corrected chi connectivity index (χ3v) is 3.82. The normalized spacial score (nSPS) is 23.4. The molecular formula is C16H24O2. The van der Waals surface area contributed by atoms with E-state index in [1.54, 1.807) is 0 Å². The summed E-state index contributed by atoms with van der Waals surface area (Å²) in [5.74, 6) is 0.352. The van der Waals surface area contributed by atoms with Crippen molar-refractivity contribution < 1.29 is 9.84 Å². The number of ether oxygens (including phenoxy) is 1. The van der Waals surface area contributed by atoms with Crippen LogP contribution in [0, 0.1) is 5.92 Å². The number of hydrogen-bond acceptors (Lipinski definition) is 2. The van der Waals surface area contributed by atoms with E-state index >= 15 is 0 Å². The number of fused-ring (bicyclic) bond motifs is 1. The molecule has 1 aromatic carbocycles. The summed E-state index contributed by atoms with van der Waals surface area (Å²) in [4.78, 5) is 0. The molecule has 0 saturated heterocycles. The van der Waals surface area contributed by atoms with Gasteiger partial charge in [-0.05, 0) is 49.1 Å². The number of hydrogen-bond donors (Lipinski definition) is 1. The predicted molar refractivity (Wildman–Crippen MR) is 73.6 cm³/mol. The Balaban J connectivity index is 1.97. The largest absolute Gasteiger partial charge is 0.388 e. The molecule has 1 aliphatic rings. The lowest BCUT2D eigenvalue weighted by Crippen LogP contribution is -2.14. The van der Waals surface area contributed by atoms with Crippen molar-refractivity contribution in [2.75, 3.05) is 13.2 Å². The highest BCUT2D eigenvalue weighted by atomic mass is 16.5. The Morgan fingerprint density at radius 3 is 2.94 bits per heavy atom. The maximum atomic E-state index is 10.5. The second-order valence-electron chi connectivity index (χ2n) is 5.20. The van der Waals surface area contributed by atoms with Crippen LogP contribution in [0.4, 0.5) is 0 Å². The van der Waals surface area contributed by atoms with E-state index in [0.29, 0.717) is 5.92 Å². The van der Waals surface area contributed by atoms with Crippen molar-refractivity contribution >= 4 is 0 Å². The summed E-state index contributed by atoms with van der Waals surface area (Å²) < 4.78 is 5.55. The van der Waals surface area contributed by atoms with Crippen LogP contribution in [0.5, 0.6) is 0 Å². The fourth-order valence-electron chi connectivity index (χ4n) is 2.80. The molecule has 0 amide bonds. The van der Waals surface area contributed by atoms with Crippen LogP contribution < -0.4 is 0 Å². The Morgan fingerprint density at radius 2 is 2.11 bits per heavy atom. The Kier molecular flexibility index (Phi) is 5.21. The van der Waals surface area contributed by atoms with Gasteiger partial charge in [0.15, 0.2) is 0 Å². The highest BCUT2D eigenvalue weighted by molar-refractivity contribution is 5.30. The molecule has 2 rings (SSSR count). The Labute approximate surface area is 110 Å². The van der Waals surface area contributed by atoms with Crippen molar-refractivity contribution in [3.63, 3.8) is 0 Å². The molecule has 0 bridgehead atoms. The first kappa shape index (κ1) is 13.6. The van der Waals surface area contributed by atoms with Gasteiger partial charge in [0.05, 0.1) is 6.10 Å². The van der Waals surface area contributed by atoms with E-state index in [1.165, 1.54) is 12.0 Å². The summed E-state index contributed by atoms with van der Waals surface area (Å²) in [5.41, 5.74) is 2.46. The molecule has 0 fully saturated rings. The van der Waals surface area contributed by atoms with Gasteiger partial charge in [-0.3, -0.25) is 0 Å². The molecule has 1 N–H and O–H groups in total. The van der Waals surface area contributed by atoms with E-state index in [2.05, 4.69) is 25.1 Å². The van der Waals surface area contributed by atoms with Gasteiger partial charge in [-0.1, -0.05) is 31.2 Å². The Morgan fingerprint density at radius 1 is 1.28 bits per heavy atom. The van der Waals surface area contributed by atoms with E-state index in [9.17, 15) is 5.11 Å². The van der Waals surface area contributed by atoms with Crippen molar-refractivity contribution in [3.05, 3.63) is 35.4 Å². The lowest BCUT2D eigenvalue weighted by atomic mass is 9.91. The summed E-state index contributed by atoms with van der Waals surface area (Å²) >= 11 is 0. The summed E-state index contributed by atoms with van der Waals surface area (Å²) in [6.45, 7) is 3.73. The second-order valence-corrected chi connectivity index (χ2v) is 5.20. The van der Waals surface area contributed by atoms with Crippen LogP contribution in [0.2, 0.25) is 0 Å². The summed E-state index contributed by atoms with van der Waals surface area (Å²) in [6.07, 6.45) is 5.09. The molecule has 2 unspecified atom stereocenters. The van der Waals surface area contributed by atoms with Crippen molar-refractivity contribution in [1.82, 2.24) is 0 Å². The third kappa shape index (κ3) is 3.33. The topological polar surface area (TPSA) is 29.5 Å². The first-order valence-electron chi connectivity index (χ1n) is 7.16. The number of benzene rings is 1. The van der Waals surface area contributed by atoms with Crippen molar-refractivity contribution in [3.8, 4) is 0 Å². The fraction of sp³-hybridized carbons (Fsp3) is 0.625. The summed E-state index contributed by atoms with van der Waals surface area (Å²) in [6, 6.07) is 8.31. The smallest absolute Gasteiger partial charge is 0.0821 e. The minimum atomic E-state index is -0.311. The number of rotatable bonds is 5. The lowest BCUT2D eigenvalue weighted by molar-refractivity contribution is 0.0626. The van der Waals surface area contributed by atoms with Gasteiger partial charge in [0.1, 0.15) is 0 Å². The van der Waals surface area contributed by atoms with Gasteiger partial charge < -0.3 is 9.84 Å². The zero-order valence-electron chi connectivity index (χ0n) is 11.3. The van der Waals surface area contributed by atoms with Gasteiger partial charge in [0, 0.05) is 13.2 Å². The minimum Gasteiger partial charge on any atom is -0.388 e. The Bertz CT molecular complexity index is 362. The number of aliphatic hydroxyl groups excluding tert-OH is 1. The predicted octanol–water partition coefficient (Wildman–Crippen LogP) is 3.49. The van der Waals surface area contributed by atoms with Crippen molar-refractivity contribution in [2.45, 2.75) is 45.1 Å². The number of aryl methyl sites for hydroxylation is 1. The summed E-state index contributed by atoms with van der Waals surface area (Å²) in [5, 5.41) is 10.5. The third-order valence-electron chi connectivity index (χ3n) is 3.82. The lowest BCUT2D eigenvalue weighted by Gasteiger charge is -2.21. The highest BCUT2D eigenvalue weighted by Gasteiger charge is 2.25. The van der Waals surface area contributed by atoms with Crippen LogP contribution in [-0.2, 0) is 11.2 Å². The molecule has 2 atom stereocenters. The first-order valence-corrected chi connectivity index (χ1v) is 7.16. The average molecular weight is 248 g/mol. The Hall–Kier alpha value is -0.860. The molecule has 18 heavy (non-hydrogen) atoms. The van der Waals surface area contributed by atoms with E-state index in [-0.39, 0.29) is 6.10 Å². The zero-order chi connectivity index (χ0) is 12.8. The monoisotopic (exact) mass is 248 g/mol. The molecule has 1 aromatic rings. The molecule has 0 spiro atoms. The van der Waals surface area contributed by atoms with Gasteiger partial charge in [-0.2, -0.15) is 0 Å². The minimum absolute atomic E-state index is 0.311. The van der Waals surface area contributed by atoms with Crippen LogP contribution in [0.1, 0.15) is 49.8 Å².